The molecule has 0 aliphatic heterocycles. The maximum atomic E-state index is 12.4. The van der Waals surface area contributed by atoms with Crippen molar-refractivity contribution in [2.75, 3.05) is 0 Å². The van der Waals surface area contributed by atoms with E-state index in [0.717, 1.165) is 4.88 Å². The summed E-state index contributed by atoms with van der Waals surface area (Å²) in [7, 11) is -3.36. The number of hydrogen-bond donors (Lipinski definition) is 0. The zero-order valence-electron chi connectivity index (χ0n) is 10.7. The third kappa shape index (κ3) is 2.49. The van der Waals surface area contributed by atoms with Gasteiger partial charge in [-0.1, -0.05) is 39.0 Å². The van der Waals surface area contributed by atoms with Crippen LogP contribution in [0.4, 0.5) is 0 Å². The summed E-state index contributed by atoms with van der Waals surface area (Å²) in [6.45, 7) is 6.24. The van der Waals surface area contributed by atoms with Crippen molar-refractivity contribution in [3.63, 3.8) is 0 Å². The Balaban J connectivity index is 2.47. The third-order valence-electron chi connectivity index (χ3n) is 2.64. The fourth-order valence-electron chi connectivity index (χ4n) is 1.58. The number of rotatable bonds is 2. The van der Waals surface area contributed by atoms with Gasteiger partial charge in [-0.3, -0.25) is 0 Å². The molecule has 0 saturated heterocycles. The number of sulfone groups is 1. The van der Waals surface area contributed by atoms with Crippen LogP contribution in [-0.2, 0) is 15.3 Å². The molecule has 1 aromatic carbocycles. The second kappa shape index (κ2) is 4.52. The predicted molar refractivity (Wildman–Crippen MR) is 74.9 cm³/mol. The normalized spacial score (nSPS) is 12.6. The molecule has 96 valence electrons. The molecule has 1 heterocycles. The topological polar surface area (TPSA) is 34.1 Å². The lowest BCUT2D eigenvalue weighted by Gasteiger charge is -2.15. The number of hydrogen-bond acceptors (Lipinski definition) is 3. The van der Waals surface area contributed by atoms with Gasteiger partial charge in [0.05, 0.1) is 4.90 Å². The van der Waals surface area contributed by atoms with Crippen molar-refractivity contribution in [3.05, 3.63) is 47.3 Å². The molecule has 18 heavy (non-hydrogen) atoms. The average Bonchev–Trinajstić information content (AvgIpc) is 2.79. The molecule has 2 rings (SSSR count). The molecule has 0 atom stereocenters. The second-order valence-electron chi connectivity index (χ2n) is 5.19. The molecule has 4 heteroatoms. The maximum absolute atomic E-state index is 12.4. The molecule has 0 N–H and O–H groups in total. The van der Waals surface area contributed by atoms with E-state index in [1.165, 1.54) is 11.3 Å². The molecule has 0 unspecified atom stereocenters. The van der Waals surface area contributed by atoms with Crippen molar-refractivity contribution in [1.82, 2.24) is 0 Å². The Hall–Kier alpha value is -1.13. The van der Waals surface area contributed by atoms with Crippen molar-refractivity contribution in [1.29, 1.82) is 0 Å². The molecular weight excluding hydrogens is 264 g/mol. The molecule has 0 bridgehead atoms. The first-order chi connectivity index (χ1) is 8.32. The van der Waals surface area contributed by atoms with Crippen molar-refractivity contribution >= 4 is 21.2 Å². The van der Waals surface area contributed by atoms with Crippen molar-refractivity contribution in [2.24, 2.45) is 0 Å². The first kappa shape index (κ1) is 13.3. The highest BCUT2D eigenvalue weighted by molar-refractivity contribution is 7.93. The third-order valence-corrected chi connectivity index (χ3v) is 6.41. The van der Waals surface area contributed by atoms with Crippen molar-refractivity contribution in [2.45, 2.75) is 35.3 Å². The Morgan fingerprint density at radius 1 is 0.944 bits per heavy atom. The fourth-order valence-corrected chi connectivity index (χ4v) is 4.37. The second-order valence-corrected chi connectivity index (χ2v) is 8.45. The minimum Gasteiger partial charge on any atom is -0.218 e. The molecule has 0 spiro atoms. The predicted octanol–water partition coefficient (Wildman–Crippen LogP) is 3.88. The lowest BCUT2D eigenvalue weighted by Crippen LogP contribution is -2.07. The lowest BCUT2D eigenvalue weighted by molar-refractivity contribution is 0.598. The van der Waals surface area contributed by atoms with Crippen LogP contribution >= 0.6 is 11.3 Å². The molecule has 2 aromatic rings. The van der Waals surface area contributed by atoms with Gasteiger partial charge in [0, 0.05) is 4.88 Å². The molecule has 0 amide bonds. The smallest absolute Gasteiger partial charge is 0.215 e. The van der Waals surface area contributed by atoms with E-state index in [-0.39, 0.29) is 5.41 Å². The summed E-state index contributed by atoms with van der Waals surface area (Å²) in [6, 6.07) is 12.2. The highest BCUT2D eigenvalue weighted by atomic mass is 32.2. The summed E-state index contributed by atoms with van der Waals surface area (Å²) >= 11 is 1.35. The first-order valence-electron chi connectivity index (χ1n) is 5.72. The molecular formula is C14H16O2S2. The monoisotopic (exact) mass is 280 g/mol. The van der Waals surface area contributed by atoms with Gasteiger partial charge in [-0.15, -0.1) is 11.3 Å². The van der Waals surface area contributed by atoms with Crippen LogP contribution < -0.4 is 0 Å². The van der Waals surface area contributed by atoms with Gasteiger partial charge in [0.1, 0.15) is 4.21 Å². The minimum atomic E-state index is -3.36. The Kier molecular flexibility index (Phi) is 3.34. The summed E-state index contributed by atoms with van der Waals surface area (Å²) in [5.41, 5.74) is -0.0187. The standard InChI is InChI=1S/C14H16O2S2/c1-14(2,3)12-9-10-13(17-12)18(15,16)11-7-5-4-6-8-11/h4-10H,1-3H3. The Morgan fingerprint density at radius 2 is 1.56 bits per heavy atom. The van der Waals surface area contributed by atoms with Crippen LogP contribution in [0.25, 0.3) is 0 Å². The molecule has 0 saturated carbocycles. The van der Waals surface area contributed by atoms with E-state index in [1.807, 2.05) is 12.1 Å². The van der Waals surface area contributed by atoms with Gasteiger partial charge in [-0.05, 0) is 29.7 Å². The quantitative estimate of drug-likeness (QED) is 0.836. The summed E-state index contributed by atoms with van der Waals surface area (Å²) in [4.78, 5) is 1.43. The van der Waals surface area contributed by atoms with Gasteiger partial charge in [-0.25, -0.2) is 8.42 Å². The summed E-state index contributed by atoms with van der Waals surface area (Å²) in [5, 5.41) is 0. The van der Waals surface area contributed by atoms with Gasteiger partial charge in [0.2, 0.25) is 9.84 Å². The molecule has 2 nitrogen and oxygen atoms in total. The van der Waals surface area contributed by atoms with Gasteiger partial charge in [0.15, 0.2) is 0 Å². The highest BCUT2D eigenvalue weighted by Gasteiger charge is 2.23. The van der Waals surface area contributed by atoms with Crippen molar-refractivity contribution < 1.29 is 8.42 Å². The van der Waals surface area contributed by atoms with Crippen LogP contribution in [0.5, 0.6) is 0 Å². The van der Waals surface area contributed by atoms with Gasteiger partial charge in [-0.2, -0.15) is 0 Å². The van der Waals surface area contributed by atoms with Crippen LogP contribution in [0.1, 0.15) is 25.6 Å². The SMILES string of the molecule is CC(C)(C)c1ccc(S(=O)(=O)c2ccccc2)s1. The summed E-state index contributed by atoms with van der Waals surface area (Å²) in [6.07, 6.45) is 0. The zero-order chi connectivity index (χ0) is 13.4. The van der Waals surface area contributed by atoms with Crippen molar-refractivity contribution in [3.8, 4) is 0 Å². The average molecular weight is 280 g/mol. The Labute approximate surface area is 112 Å². The largest absolute Gasteiger partial charge is 0.218 e. The lowest BCUT2D eigenvalue weighted by atomic mass is 9.95. The van der Waals surface area contributed by atoms with Crippen LogP contribution in [-0.4, -0.2) is 8.42 Å². The summed E-state index contributed by atoms with van der Waals surface area (Å²) in [5.74, 6) is 0. The van der Waals surface area contributed by atoms with Gasteiger partial charge >= 0.3 is 0 Å². The molecule has 0 aliphatic carbocycles. The van der Waals surface area contributed by atoms with Gasteiger partial charge < -0.3 is 0 Å². The highest BCUT2D eigenvalue weighted by Crippen LogP contribution is 2.34. The van der Waals surface area contributed by atoms with E-state index < -0.39 is 9.84 Å². The summed E-state index contributed by atoms with van der Waals surface area (Å²) < 4.78 is 25.2. The minimum absolute atomic E-state index is 0.0187. The Morgan fingerprint density at radius 3 is 2.06 bits per heavy atom. The van der Waals surface area contributed by atoms with E-state index in [0.29, 0.717) is 9.10 Å². The fraction of sp³-hybridized carbons (Fsp3) is 0.286. The zero-order valence-corrected chi connectivity index (χ0v) is 12.3. The molecule has 0 aliphatic rings. The maximum Gasteiger partial charge on any atom is 0.215 e. The van der Waals surface area contributed by atoms with E-state index in [9.17, 15) is 8.42 Å². The first-order valence-corrected chi connectivity index (χ1v) is 8.02. The number of thiophene rings is 1. The van der Waals surface area contributed by atoms with Gasteiger partial charge in [0.25, 0.3) is 0 Å². The molecule has 0 fully saturated rings. The van der Waals surface area contributed by atoms with Crippen LogP contribution in [0, 0.1) is 0 Å². The van der Waals surface area contributed by atoms with E-state index >= 15 is 0 Å². The van der Waals surface area contributed by atoms with Crippen LogP contribution in [0.2, 0.25) is 0 Å². The molecule has 1 aromatic heterocycles. The Bertz CT molecular complexity index is 632. The number of benzene rings is 1. The van der Waals surface area contributed by atoms with E-state index in [1.54, 1.807) is 30.3 Å². The van der Waals surface area contributed by atoms with Crippen LogP contribution in [0.15, 0.2) is 51.6 Å². The van der Waals surface area contributed by atoms with E-state index in [4.69, 9.17) is 0 Å². The van der Waals surface area contributed by atoms with Crippen LogP contribution in [0.3, 0.4) is 0 Å². The molecule has 0 radical (unpaired) electrons. The van der Waals surface area contributed by atoms with E-state index in [2.05, 4.69) is 20.8 Å².